The molecule has 5 heteroatoms. The molecule has 0 aliphatic carbocycles. The molecule has 0 bridgehead atoms. The molecule has 3 heterocycles. The van der Waals surface area contributed by atoms with Crippen LogP contribution in [-0.2, 0) is 9.59 Å². The zero-order chi connectivity index (χ0) is 11.8. The number of nitrogens with zero attached hydrogens (tertiary/aromatic N) is 2. The van der Waals surface area contributed by atoms with Crippen LogP contribution < -0.4 is 0 Å². The zero-order valence-corrected chi connectivity index (χ0v) is 10.7. The second-order valence-electron chi connectivity index (χ2n) is 5.08. The molecule has 0 radical (unpaired) electrons. The van der Waals surface area contributed by atoms with Crippen LogP contribution >= 0.6 is 11.8 Å². The van der Waals surface area contributed by atoms with Gasteiger partial charge >= 0.3 is 0 Å². The molecule has 3 saturated heterocycles. The van der Waals surface area contributed by atoms with Gasteiger partial charge in [-0.25, -0.2) is 0 Å². The lowest BCUT2D eigenvalue weighted by atomic mass is 9.97. The van der Waals surface area contributed by atoms with Crippen molar-refractivity contribution < 1.29 is 9.59 Å². The molecule has 0 aromatic rings. The molecule has 0 aromatic heterocycles. The van der Waals surface area contributed by atoms with Crippen molar-refractivity contribution in [2.45, 2.75) is 37.8 Å². The van der Waals surface area contributed by atoms with Crippen LogP contribution in [0, 0.1) is 0 Å². The Morgan fingerprint density at radius 2 is 2.00 bits per heavy atom. The first-order valence-electron chi connectivity index (χ1n) is 6.45. The van der Waals surface area contributed by atoms with Crippen LogP contribution in [0.15, 0.2) is 0 Å². The quantitative estimate of drug-likeness (QED) is 0.692. The minimum atomic E-state index is -0.143. The van der Waals surface area contributed by atoms with Crippen molar-refractivity contribution in [3.05, 3.63) is 0 Å². The fourth-order valence-electron chi connectivity index (χ4n) is 3.07. The lowest BCUT2D eigenvalue weighted by Gasteiger charge is -2.44. The maximum Gasteiger partial charge on any atom is 0.246 e. The van der Waals surface area contributed by atoms with Gasteiger partial charge in [0, 0.05) is 18.3 Å². The van der Waals surface area contributed by atoms with Gasteiger partial charge < -0.3 is 9.80 Å². The van der Waals surface area contributed by atoms with Crippen LogP contribution in [0.1, 0.15) is 25.7 Å². The van der Waals surface area contributed by atoms with Crippen molar-refractivity contribution in [1.82, 2.24) is 9.80 Å². The van der Waals surface area contributed by atoms with Gasteiger partial charge in [0.2, 0.25) is 11.8 Å². The van der Waals surface area contributed by atoms with Gasteiger partial charge in [-0.15, -0.1) is 0 Å². The highest BCUT2D eigenvalue weighted by molar-refractivity contribution is 7.99. The molecule has 3 aliphatic heterocycles. The number of piperidine rings is 1. The standard InChI is InChI=1S/C12H18N2O2S/c15-11-7-14(9-4-6-17-8-9)12(16)10-3-1-2-5-13(10)11/h9-10H,1-8H2. The van der Waals surface area contributed by atoms with E-state index in [9.17, 15) is 9.59 Å². The van der Waals surface area contributed by atoms with Gasteiger partial charge in [0.1, 0.15) is 12.6 Å². The molecule has 0 aromatic carbocycles. The number of hydrogen-bond acceptors (Lipinski definition) is 3. The Hall–Kier alpha value is -0.710. The molecule has 3 rings (SSSR count). The molecule has 94 valence electrons. The molecule has 3 fully saturated rings. The molecular formula is C12H18N2O2S. The summed E-state index contributed by atoms with van der Waals surface area (Å²) in [5.41, 5.74) is 0. The van der Waals surface area contributed by atoms with Crippen LogP contribution in [0.25, 0.3) is 0 Å². The number of hydrogen-bond donors (Lipinski definition) is 0. The highest BCUT2D eigenvalue weighted by Crippen LogP contribution is 2.28. The molecule has 2 amide bonds. The average Bonchev–Trinajstić information content (AvgIpc) is 2.87. The highest BCUT2D eigenvalue weighted by Gasteiger charge is 2.43. The van der Waals surface area contributed by atoms with E-state index in [0.29, 0.717) is 12.6 Å². The predicted molar refractivity (Wildman–Crippen MR) is 66.8 cm³/mol. The summed E-state index contributed by atoms with van der Waals surface area (Å²) in [6, 6.07) is 0.163. The molecule has 0 N–H and O–H groups in total. The Morgan fingerprint density at radius 1 is 1.12 bits per heavy atom. The van der Waals surface area contributed by atoms with E-state index in [1.54, 1.807) is 0 Å². The number of carbonyl (C=O) groups excluding carboxylic acids is 2. The van der Waals surface area contributed by atoms with Gasteiger partial charge in [0.15, 0.2) is 0 Å². The first-order valence-corrected chi connectivity index (χ1v) is 7.60. The van der Waals surface area contributed by atoms with E-state index in [2.05, 4.69) is 0 Å². The predicted octanol–water partition coefficient (Wildman–Crippen LogP) is 0.715. The van der Waals surface area contributed by atoms with Crippen molar-refractivity contribution in [3.63, 3.8) is 0 Å². The van der Waals surface area contributed by atoms with Crippen molar-refractivity contribution in [2.24, 2.45) is 0 Å². The van der Waals surface area contributed by atoms with Gasteiger partial charge in [0.05, 0.1) is 0 Å². The number of rotatable bonds is 1. The number of piperazine rings is 1. The van der Waals surface area contributed by atoms with Crippen LogP contribution in [0.4, 0.5) is 0 Å². The van der Waals surface area contributed by atoms with Gasteiger partial charge in [0.25, 0.3) is 0 Å². The maximum absolute atomic E-state index is 12.4. The van der Waals surface area contributed by atoms with E-state index in [-0.39, 0.29) is 17.9 Å². The first kappa shape index (κ1) is 11.4. The third-order valence-corrected chi connectivity index (χ3v) is 5.19. The van der Waals surface area contributed by atoms with E-state index in [0.717, 1.165) is 43.7 Å². The third kappa shape index (κ3) is 1.94. The Balaban J connectivity index is 1.78. The second-order valence-corrected chi connectivity index (χ2v) is 6.23. The minimum absolute atomic E-state index is 0.143. The van der Waals surface area contributed by atoms with E-state index in [4.69, 9.17) is 0 Å². The topological polar surface area (TPSA) is 40.6 Å². The maximum atomic E-state index is 12.4. The Morgan fingerprint density at radius 3 is 2.76 bits per heavy atom. The zero-order valence-electron chi connectivity index (χ0n) is 9.93. The van der Waals surface area contributed by atoms with Crippen molar-refractivity contribution >= 4 is 23.6 Å². The fraction of sp³-hybridized carbons (Fsp3) is 0.833. The van der Waals surface area contributed by atoms with Gasteiger partial charge in [-0.1, -0.05) is 0 Å². The fourth-order valence-corrected chi connectivity index (χ4v) is 4.29. The smallest absolute Gasteiger partial charge is 0.246 e. The van der Waals surface area contributed by atoms with Gasteiger partial charge in [-0.3, -0.25) is 9.59 Å². The molecule has 0 saturated carbocycles. The van der Waals surface area contributed by atoms with E-state index in [1.165, 1.54) is 0 Å². The monoisotopic (exact) mass is 254 g/mol. The SMILES string of the molecule is O=C1C2CCCCN2C(=O)CN1C1CCSC1. The number of thioether (sulfide) groups is 1. The third-order valence-electron chi connectivity index (χ3n) is 4.04. The molecule has 2 unspecified atom stereocenters. The van der Waals surface area contributed by atoms with E-state index < -0.39 is 0 Å². The van der Waals surface area contributed by atoms with Crippen LogP contribution in [0.3, 0.4) is 0 Å². The average molecular weight is 254 g/mol. The highest BCUT2D eigenvalue weighted by atomic mass is 32.2. The summed E-state index contributed by atoms with van der Waals surface area (Å²) in [5.74, 6) is 2.49. The molecule has 2 atom stereocenters. The number of carbonyl (C=O) groups is 2. The van der Waals surface area contributed by atoms with Gasteiger partial charge in [-0.05, 0) is 31.4 Å². The van der Waals surface area contributed by atoms with Crippen molar-refractivity contribution in [2.75, 3.05) is 24.6 Å². The Labute approximate surface area is 106 Å². The van der Waals surface area contributed by atoms with Crippen LogP contribution in [-0.4, -0.2) is 58.3 Å². The summed E-state index contributed by atoms with van der Waals surface area (Å²) in [4.78, 5) is 28.1. The van der Waals surface area contributed by atoms with Gasteiger partial charge in [-0.2, -0.15) is 11.8 Å². The lowest BCUT2D eigenvalue weighted by Crippen LogP contribution is -2.63. The van der Waals surface area contributed by atoms with Crippen molar-refractivity contribution in [1.29, 1.82) is 0 Å². The van der Waals surface area contributed by atoms with Crippen LogP contribution in [0.5, 0.6) is 0 Å². The first-order chi connectivity index (χ1) is 8.27. The van der Waals surface area contributed by atoms with Crippen LogP contribution in [0.2, 0.25) is 0 Å². The Bertz CT molecular complexity index is 341. The summed E-state index contributed by atoms with van der Waals surface area (Å²) in [6.07, 6.45) is 4.04. The Kier molecular flexibility index (Phi) is 3.03. The molecule has 0 spiro atoms. The minimum Gasteiger partial charge on any atom is -0.329 e. The van der Waals surface area contributed by atoms with E-state index in [1.807, 2.05) is 21.6 Å². The number of fused-ring (bicyclic) bond motifs is 1. The summed E-state index contributed by atoms with van der Waals surface area (Å²) < 4.78 is 0. The lowest BCUT2D eigenvalue weighted by molar-refractivity contribution is -0.159. The molecule has 4 nitrogen and oxygen atoms in total. The number of amides is 2. The second kappa shape index (κ2) is 4.52. The molecule has 17 heavy (non-hydrogen) atoms. The van der Waals surface area contributed by atoms with E-state index >= 15 is 0 Å². The largest absolute Gasteiger partial charge is 0.329 e. The summed E-state index contributed by atoms with van der Waals surface area (Å²) in [5, 5.41) is 0. The summed E-state index contributed by atoms with van der Waals surface area (Å²) in [7, 11) is 0. The summed E-state index contributed by atoms with van der Waals surface area (Å²) in [6.45, 7) is 1.10. The normalized spacial score (nSPS) is 34.1. The molecular weight excluding hydrogens is 236 g/mol. The molecule has 3 aliphatic rings. The van der Waals surface area contributed by atoms with Crippen molar-refractivity contribution in [3.8, 4) is 0 Å². The summed E-state index contributed by atoms with van der Waals surface area (Å²) >= 11 is 1.89.